The second kappa shape index (κ2) is 9.93. The predicted octanol–water partition coefficient (Wildman–Crippen LogP) is 3.53. The zero-order chi connectivity index (χ0) is 21.5. The van der Waals surface area contributed by atoms with E-state index in [0.717, 1.165) is 5.56 Å². The lowest BCUT2D eigenvalue weighted by Gasteiger charge is -2.16. The van der Waals surface area contributed by atoms with Gasteiger partial charge in [-0.25, -0.2) is 4.79 Å². The van der Waals surface area contributed by atoms with Gasteiger partial charge in [-0.3, -0.25) is 9.36 Å². The number of aromatic nitrogens is 3. The molecular weight excluding hydrogens is 402 g/mol. The van der Waals surface area contributed by atoms with Crippen molar-refractivity contribution in [3.05, 3.63) is 65.7 Å². The number of esters is 1. The van der Waals surface area contributed by atoms with Gasteiger partial charge in [0.25, 0.3) is 0 Å². The minimum Gasteiger partial charge on any atom is -0.462 e. The molecule has 0 bridgehead atoms. The van der Waals surface area contributed by atoms with E-state index in [1.165, 1.54) is 11.8 Å². The maximum Gasteiger partial charge on any atom is 0.338 e. The average Bonchev–Trinajstić information content (AvgIpc) is 3.13. The number of hydrogen-bond donors (Lipinski definition) is 2. The number of nitrogen functional groups attached to an aromatic ring is 1. The number of carbonyl (C=O) groups excluding carboxylic acids is 2. The molecule has 0 aliphatic rings. The fourth-order valence-corrected chi connectivity index (χ4v) is 3.72. The predicted molar refractivity (Wildman–Crippen MR) is 116 cm³/mol. The topological polar surface area (TPSA) is 112 Å². The number of rotatable bonds is 8. The first-order valence-electron chi connectivity index (χ1n) is 9.44. The number of benzene rings is 2. The molecule has 0 saturated carbocycles. The minimum absolute atomic E-state index is 0.172. The van der Waals surface area contributed by atoms with Gasteiger partial charge in [0.2, 0.25) is 11.9 Å². The Morgan fingerprint density at radius 2 is 1.83 bits per heavy atom. The molecule has 3 aromatic rings. The molecule has 0 spiro atoms. The van der Waals surface area contributed by atoms with E-state index in [-0.39, 0.29) is 11.9 Å². The fraction of sp³-hybridized carbons (Fsp3) is 0.238. The normalized spacial score (nSPS) is 11.7. The molecular formula is C21H23N5O3S. The third-order valence-electron chi connectivity index (χ3n) is 4.33. The second-order valence-electron chi connectivity index (χ2n) is 6.45. The highest BCUT2D eigenvalue weighted by molar-refractivity contribution is 7.98. The second-order valence-corrected chi connectivity index (χ2v) is 7.39. The summed E-state index contributed by atoms with van der Waals surface area (Å²) >= 11 is 1.46. The Balaban J connectivity index is 1.67. The van der Waals surface area contributed by atoms with Crippen molar-refractivity contribution in [2.45, 2.75) is 30.8 Å². The summed E-state index contributed by atoms with van der Waals surface area (Å²) in [6, 6.07) is 15.8. The van der Waals surface area contributed by atoms with Gasteiger partial charge in [-0.05, 0) is 43.7 Å². The summed E-state index contributed by atoms with van der Waals surface area (Å²) in [6.45, 7) is 3.78. The van der Waals surface area contributed by atoms with Crippen LogP contribution in [0.15, 0.2) is 59.8 Å². The van der Waals surface area contributed by atoms with Crippen LogP contribution in [0.25, 0.3) is 0 Å². The van der Waals surface area contributed by atoms with Crippen molar-refractivity contribution in [3.8, 4) is 0 Å². The molecule has 1 unspecified atom stereocenters. The van der Waals surface area contributed by atoms with E-state index >= 15 is 0 Å². The van der Waals surface area contributed by atoms with Gasteiger partial charge in [0.05, 0.1) is 12.2 Å². The smallest absolute Gasteiger partial charge is 0.338 e. The number of ether oxygens (including phenoxy) is 1. The largest absolute Gasteiger partial charge is 0.462 e. The van der Waals surface area contributed by atoms with Gasteiger partial charge in [0.15, 0.2) is 5.16 Å². The van der Waals surface area contributed by atoms with Crippen LogP contribution in [0.2, 0.25) is 0 Å². The van der Waals surface area contributed by atoms with Crippen LogP contribution in [0.4, 0.5) is 11.6 Å². The first-order chi connectivity index (χ1) is 14.5. The summed E-state index contributed by atoms with van der Waals surface area (Å²) < 4.78 is 6.56. The first kappa shape index (κ1) is 21.4. The lowest BCUT2D eigenvalue weighted by atomic mass is 10.2. The number of thioether (sulfide) groups is 1. The molecule has 1 aromatic heterocycles. The van der Waals surface area contributed by atoms with E-state index in [1.807, 2.05) is 30.3 Å². The standard InChI is InChI=1S/C21H23N5O3S/c1-3-29-19(28)16-9-11-17(12-10-16)23-18(27)14(2)26-20(22)24-25-21(26)30-13-15-7-5-4-6-8-15/h4-12,14H,3,13H2,1-2H3,(H2,22,24)(H,23,27). The summed E-state index contributed by atoms with van der Waals surface area (Å²) in [7, 11) is 0. The van der Waals surface area contributed by atoms with Crippen LogP contribution in [0.5, 0.6) is 0 Å². The first-order valence-corrected chi connectivity index (χ1v) is 10.4. The third-order valence-corrected chi connectivity index (χ3v) is 5.35. The molecule has 8 nitrogen and oxygen atoms in total. The quantitative estimate of drug-likeness (QED) is 0.419. The fourth-order valence-electron chi connectivity index (χ4n) is 2.74. The monoisotopic (exact) mass is 425 g/mol. The number of nitrogens with two attached hydrogens (primary N) is 1. The zero-order valence-corrected chi connectivity index (χ0v) is 17.6. The van der Waals surface area contributed by atoms with Gasteiger partial charge in [-0.15, -0.1) is 10.2 Å². The van der Waals surface area contributed by atoms with E-state index in [9.17, 15) is 9.59 Å². The molecule has 30 heavy (non-hydrogen) atoms. The molecule has 0 fully saturated rings. The third kappa shape index (κ3) is 5.18. The van der Waals surface area contributed by atoms with Gasteiger partial charge >= 0.3 is 5.97 Å². The summed E-state index contributed by atoms with van der Waals surface area (Å²) in [5, 5.41) is 11.4. The summed E-state index contributed by atoms with van der Waals surface area (Å²) in [6.07, 6.45) is 0. The number of nitrogens with zero attached hydrogens (tertiary/aromatic N) is 3. The Morgan fingerprint density at radius 3 is 2.50 bits per heavy atom. The molecule has 1 amide bonds. The van der Waals surface area contributed by atoms with Crippen molar-refractivity contribution in [2.24, 2.45) is 0 Å². The van der Waals surface area contributed by atoms with E-state index < -0.39 is 12.0 Å². The Bertz CT molecular complexity index is 1010. The van der Waals surface area contributed by atoms with Gasteiger partial charge in [-0.1, -0.05) is 42.1 Å². The molecule has 2 aromatic carbocycles. The highest BCUT2D eigenvalue weighted by Gasteiger charge is 2.22. The molecule has 0 aliphatic carbocycles. The number of carbonyl (C=O) groups is 2. The summed E-state index contributed by atoms with van der Waals surface area (Å²) in [5.74, 6) is 0.182. The van der Waals surface area contributed by atoms with E-state index in [0.29, 0.717) is 28.8 Å². The van der Waals surface area contributed by atoms with Crippen LogP contribution in [-0.2, 0) is 15.3 Å². The molecule has 156 valence electrons. The Kier molecular flexibility index (Phi) is 7.08. The molecule has 0 aliphatic heterocycles. The van der Waals surface area contributed by atoms with E-state index in [2.05, 4.69) is 15.5 Å². The lowest BCUT2D eigenvalue weighted by Crippen LogP contribution is -2.25. The van der Waals surface area contributed by atoms with Gasteiger partial charge in [0, 0.05) is 11.4 Å². The maximum atomic E-state index is 12.8. The SMILES string of the molecule is CCOC(=O)c1ccc(NC(=O)C(C)n2c(N)nnc2SCc2ccccc2)cc1. The molecule has 3 rings (SSSR count). The highest BCUT2D eigenvalue weighted by atomic mass is 32.2. The maximum absolute atomic E-state index is 12.8. The minimum atomic E-state index is -0.622. The van der Waals surface area contributed by atoms with Gasteiger partial charge in [0.1, 0.15) is 6.04 Å². The van der Waals surface area contributed by atoms with Crippen molar-refractivity contribution in [2.75, 3.05) is 17.7 Å². The van der Waals surface area contributed by atoms with E-state index in [4.69, 9.17) is 10.5 Å². The molecule has 9 heteroatoms. The van der Waals surface area contributed by atoms with Gasteiger partial charge in [-0.2, -0.15) is 0 Å². The number of amides is 1. The average molecular weight is 426 g/mol. The van der Waals surface area contributed by atoms with Crippen LogP contribution >= 0.6 is 11.8 Å². The Morgan fingerprint density at radius 1 is 1.13 bits per heavy atom. The van der Waals surface area contributed by atoms with Crippen molar-refractivity contribution >= 4 is 35.3 Å². The molecule has 0 saturated heterocycles. The Labute approximate surface area is 178 Å². The molecule has 1 heterocycles. The zero-order valence-electron chi connectivity index (χ0n) is 16.7. The lowest BCUT2D eigenvalue weighted by molar-refractivity contribution is -0.118. The Hall–Kier alpha value is -3.33. The molecule has 3 N–H and O–H groups in total. The number of hydrogen-bond acceptors (Lipinski definition) is 7. The van der Waals surface area contributed by atoms with Gasteiger partial charge < -0.3 is 15.8 Å². The van der Waals surface area contributed by atoms with E-state index in [1.54, 1.807) is 42.7 Å². The number of anilines is 2. The molecule has 0 radical (unpaired) electrons. The summed E-state index contributed by atoms with van der Waals surface area (Å²) in [4.78, 5) is 24.5. The van der Waals surface area contributed by atoms with Crippen molar-refractivity contribution in [3.63, 3.8) is 0 Å². The summed E-state index contributed by atoms with van der Waals surface area (Å²) in [5.41, 5.74) is 8.08. The highest BCUT2D eigenvalue weighted by Crippen LogP contribution is 2.26. The number of nitrogens with one attached hydrogen (secondary N) is 1. The van der Waals surface area contributed by atoms with Crippen molar-refractivity contribution in [1.82, 2.24) is 14.8 Å². The van der Waals surface area contributed by atoms with Crippen LogP contribution in [-0.4, -0.2) is 33.2 Å². The van der Waals surface area contributed by atoms with Crippen molar-refractivity contribution in [1.29, 1.82) is 0 Å². The van der Waals surface area contributed by atoms with Crippen LogP contribution in [0, 0.1) is 0 Å². The molecule has 1 atom stereocenters. The van der Waals surface area contributed by atoms with Crippen LogP contribution in [0.1, 0.15) is 35.8 Å². The van der Waals surface area contributed by atoms with Crippen molar-refractivity contribution < 1.29 is 14.3 Å². The van der Waals surface area contributed by atoms with Crippen LogP contribution < -0.4 is 11.1 Å². The van der Waals surface area contributed by atoms with Crippen LogP contribution in [0.3, 0.4) is 0 Å².